The number of aromatic hydroxyl groups is 1. The van der Waals surface area contributed by atoms with Gasteiger partial charge >= 0.3 is 0 Å². The van der Waals surface area contributed by atoms with E-state index in [1.807, 2.05) is 0 Å². The summed E-state index contributed by atoms with van der Waals surface area (Å²) >= 11 is 5.85. The van der Waals surface area contributed by atoms with E-state index in [0.717, 1.165) is 0 Å². The van der Waals surface area contributed by atoms with Gasteiger partial charge in [0.1, 0.15) is 22.7 Å². The molecule has 1 N–H and O–H groups in total. The van der Waals surface area contributed by atoms with Gasteiger partial charge < -0.3 is 14.3 Å². The molecule has 0 bridgehead atoms. The third-order valence-corrected chi connectivity index (χ3v) is 5.24. The average molecular weight is 510 g/mol. The van der Waals surface area contributed by atoms with Crippen LogP contribution in [0.25, 0.3) is 22.6 Å². The van der Waals surface area contributed by atoms with E-state index in [1.54, 1.807) is 19.1 Å². The van der Waals surface area contributed by atoms with Crippen molar-refractivity contribution in [2.75, 3.05) is 6.61 Å². The van der Waals surface area contributed by atoms with E-state index < -0.39 is 11.5 Å². The maximum Gasteiger partial charge on any atom is 0.254 e. The SMILES string of the molecule is CCOCc1nc(N=O)c(-c2nnc(Cc3ccc(Cl)cn3)o2)c(N=O)c1-c1c(O)cccc1N=O. The summed E-state index contributed by atoms with van der Waals surface area (Å²) in [4.78, 5) is 43.8. The molecule has 0 fully saturated rings. The number of nitrogens with zero attached hydrogens (tertiary/aromatic N) is 7. The fourth-order valence-corrected chi connectivity index (χ4v) is 3.59. The van der Waals surface area contributed by atoms with Crippen LogP contribution >= 0.6 is 11.6 Å². The Bertz CT molecular complexity index is 1440. The molecule has 0 unspecified atom stereocenters. The van der Waals surface area contributed by atoms with Gasteiger partial charge in [-0.25, -0.2) is 4.98 Å². The van der Waals surface area contributed by atoms with Crippen LogP contribution in [0.15, 0.2) is 56.5 Å². The molecule has 3 aromatic heterocycles. The summed E-state index contributed by atoms with van der Waals surface area (Å²) in [6.07, 6.45) is 1.58. The van der Waals surface area contributed by atoms with Crippen LogP contribution in [0, 0.1) is 14.7 Å². The highest BCUT2D eigenvalue weighted by Gasteiger charge is 2.30. The Balaban J connectivity index is 1.93. The minimum Gasteiger partial charge on any atom is -0.507 e. The zero-order chi connectivity index (χ0) is 25.7. The molecule has 0 atom stereocenters. The summed E-state index contributed by atoms with van der Waals surface area (Å²) in [5.41, 5.74) is -0.531. The predicted octanol–water partition coefficient (Wildman–Crippen LogP) is 5.87. The van der Waals surface area contributed by atoms with Gasteiger partial charge in [-0.05, 0) is 46.7 Å². The average Bonchev–Trinajstić information content (AvgIpc) is 3.35. The van der Waals surface area contributed by atoms with Gasteiger partial charge in [-0.3, -0.25) is 4.98 Å². The first-order valence-electron chi connectivity index (χ1n) is 10.4. The fourth-order valence-electron chi connectivity index (χ4n) is 3.48. The van der Waals surface area contributed by atoms with Gasteiger partial charge in [-0.1, -0.05) is 17.7 Å². The zero-order valence-electron chi connectivity index (χ0n) is 18.6. The molecule has 0 radical (unpaired) electrons. The summed E-state index contributed by atoms with van der Waals surface area (Å²) in [6, 6.07) is 7.32. The van der Waals surface area contributed by atoms with E-state index in [2.05, 4.69) is 35.7 Å². The molecule has 4 aromatic rings. The summed E-state index contributed by atoms with van der Waals surface area (Å²) in [7, 11) is 0. The van der Waals surface area contributed by atoms with Crippen LogP contribution < -0.4 is 0 Å². The van der Waals surface area contributed by atoms with Crippen molar-refractivity contribution in [1.82, 2.24) is 20.2 Å². The predicted molar refractivity (Wildman–Crippen MR) is 128 cm³/mol. The number of phenols is 1. The van der Waals surface area contributed by atoms with E-state index in [0.29, 0.717) is 10.7 Å². The second-order valence-electron chi connectivity index (χ2n) is 7.21. The highest BCUT2D eigenvalue weighted by molar-refractivity contribution is 6.30. The Kier molecular flexibility index (Phi) is 7.42. The minimum atomic E-state index is -0.473. The van der Waals surface area contributed by atoms with Gasteiger partial charge in [0.2, 0.25) is 11.7 Å². The summed E-state index contributed by atoms with van der Waals surface area (Å²) in [5, 5.41) is 27.8. The second kappa shape index (κ2) is 10.8. The van der Waals surface area contributed by atoms with Crippen molar-refractivity contribution in [1.29, 1.82) is 0 Å². The number of phenolic OH excluding ortho intramolecular Hbond substituents is 1. The van der Waals surface area contributed by atoms with Crippen molar-refractivity contribution in [3.8, 4) is 28.3 Å². The van der Waals surface area contributed by atoms with E-state index in [4.69, 9.17) is 20.8 Å². The second-order valence-corrected chi connectivity index (χ2v) is 7.64. The Morgan fingerprint density at radius 3 is 2.53 bits per heavy atom. The molecular formula is C22H16ClN7O6. The Morgan fingerprint density at radius 2 is 1.86 bits per heavy atom. The summed E-state index contributed by atoms with van der Waals surface area (Å²) in [5.74, 6) is -1.03. The molecule has 14 heteroatoms. The molecule has 13 nitrogen and oxygen atoms in total. The molecular weight excluding hydrogens is 494 g/mol. The maximum absolute atomic E-state index is 12.2. The number of rotatable bonds is 10. The monoisotopic (exact) mass is 509 g/mol. The standard InChI is InChI=1S/C22H16ClN7O6/c1-2-35-10-14-18(17-13(28-32)4-3-5-15(17)31)20(29-33)19(21(25-14)30-34)22-27-26-16(36-22)8-12-7-6-11(23)9-24-12/h3-7,9,31H,2,8,10H2,1H3. The van der Waals surface area contributed by atoms with Crippen molar-refractivity contribution in [2.45, 2.75) is 20.0 Å². The molecule has 182 valence electrons. The third-order valence-electron chi connectivity index (χ3n) is 5.02. The molecule has 0 aliphatic carbocycles. The van der Waals surface area contributed by atoms with Crippen LogP contribution in [0.3, 0.4) is 0 Å². The van der Waals surface area contributed by atoms with Crippen LogP contribution in [0.1, 0.15) is 24.2 Å². The van der Waals surface area contributed by atoms with Crippen molar-refractivity contribution in [2.24, 2.45) is 15.5 Å². The van der Waals surface area contributed by atoms with E-state index in [1.165, 1.54) is 24.4 Å². The van der Waals surface area contributed by atoms with Gasteiger partial charge in [-0.2, -0.15) is 0 Å². The fraction of sp³-hybridized carbons (Fsp3) is 0.182. The normalized spacial score (nSPS) is 10.8. The first-order valence-corrected chi connectivity index (χ1v) is 10.8. The number of benzene rings is 1. The van der Waals surface area contributed by atoms with Gasteiger partial charge in [0, 0.05) is 24.1 Å². The van der Waals surface area contributed by atoms with E-state index >= 15 is 0 Å². The topological polar surface area (TPSA) is 182 Å². The quantitative estimate of drug-likeness (QED) is 0.253. The lowest BCUT2D eigenvalue weighted by molar-refractivity contribution is 0.132. The molecule has 0 aliphatic heterocycles. The minimum absolute atomic E-state index is 0.0151. The molecule has 0 saturated carbocycles. The largest absolute Gasteiger partial charge is 0.507 e. The summed E-state index contributed by atoms with van der Waals surface area (Å²) in [6.45, 7) is 1.79. The van der Waals surface area contributed by atoms with Crippen LogP contribution in [0.4, 0.5) is 17.2 Å². The number of hydrogen-bond acceptors (Lipinski definition) is 13. The lowest BCUT2D eigenvalue weighted by Crippen LogP contribution is -2.01. The van der Waals surface area contributed by atoms with E-state index in [9.17, 15) is 19.8 Å². The lowest BCUT2D eigenvalue weighted by Gasteiger charge is -2.15. The number of hydrogen-bond donors (Lipinski definition) is 1. The highest BCUT2D eigenvalue weighted by atomic mass is 35.5. The maximum atomic E-state index is 12.2. The first-order chi connectivity index (χ1) is 17.5. The van der Waals surface area contributed by atoms with Gasteiger partial charge in [0.15, 0.2) is 0 Å². The first kappa shape index (κ1) is 24.6. The van der Waals surface area contributed by atoms with Gasteiger partial charge in [0.05, 0.1) is 29.3 Å². The molecule has 4 rings (SSSR count). The molecule has 3 heterocycles. The van der Waals surface area contributed by atoms with Crippen molar-refractivity contribution < 1.29 is 14.3 Å². The smallest absolute Gasteiger partial charge is 0.254 e. The Labute approximate surface area is 207 Å². The summed E-state index contributed by atoms with van der Waals surface area (Å²) < 4.78 is 11.1. The van der Waals surface area contributed by atoms with Crippen LogP contribution in [-0.2, 0) is 17.8 Å². The number of pyridine rings is 2. The van der Waals surface area contributed by atoms with Crippen LogP contribution in [0.2, 0.25) is 5.02 Å². The van der Waals surface area contributed by atoms with Gasteiger partial charge in [0.25, 0.3) is 5.89 Å². The number of aromatic nitrogens is 4. The molecule has 0 aliphatic rings. The van der Waals surface area contributed by atoms with Crippen LogP contribution in [0.5, 0.6) is 5.75 Å². The number of halogens is 1. The molecule has 0 saturated heterocycles. The van der Waals surface area contributed by atoms with Gasteiger partial charge in [-0.15, -0.1) is 24.9 Å². The van der Waals surface area contributed by atoms with E-state index in [-0.39, 0.29) is 65.2 Å². The van der Waals surface area contributed by atoms with Crippen molar-refractivity contribution >= 4 is 28.8 Å². The van der Waals surface area contributed by atoms with Crippen LogP contribution in [-0.4, -0.2) is 31.9 Å². The molecule has 1 aromatic carbocycles. The molecule has 0 amide bonds. The highest BCUT2D eigenvalue weighted by Crippen LogP contribution is 2.50. The Hall–Kier alpha value is -4.49. The molecule has 36 heavy (non-hydrogen) atoms. The lowest BCUT2D eigenvalue weighted by atomic mass is 9.96. The zero-order valence-corrected chi connectivity index (χ0v) is 19.3. The van der Waals surface area contributed by atoms with Crippen molar-refractivity contribution in [3.63, 3.8) is 0 Å². The number of nitroso groups, excluding NO2 is 3. The third kappa shape index (κ3) is 4.82. The Morgan fingerprint density at radius 1 is 1.03 bits per heavy atom. The molecule has 0 spiro atoms. The number of ether oxygens (including phenoxy) is 1. The van der Waals surface area contributed by atoms with Crippen molar-refractivity contribution in [3.05, 3.63) is 73.6 Å².